The van der Waals surface area contributed by atoms with Gasteiger partial charge in [0.05, 0.1) is 5.69 Å². The molecule has 0 saturated carbocycles. The molecule has 0 radical (unpaired) electrons. The smallest absolute Gasteiger partial charge is 0.0571 e. The van der Waals surface area contributed by atoms with Gasteiger partial charge in [-0.3, -0.25) is 0 Å². The largest absolute Gasteiger partial charge is 0.303 e. The number of benzene rings is 1. The average molecular weight is 232 g/mol. The Hall–Kier alpha value is -1.02. The van der Waals surface area contributed by atoms with Gasteiger partial charge < -0.3 is 5.01 Å². The number of nitrogens with zero attached hydrogens (tertiary/aromatic N) is 1. The molecule has 2 rings (SSSR count). The van der Waals surface area contributed by atoms with Crippen LogP contribution in [0, 0.1) is 0 Å². The molecule has 0 fully saturated rings. The second-order valence-corrected chi connectivity index (χ2v) is 6.93. The molecule has 1 N–H and O–H groups in total. The Bertz CT molecular complexity index is 422. The highest BCUT2D eigenvalue weighted by Crippen LogP contribution is 2.34. The van der Waals surface area contributed by atoms with E-state index in [1.165, 1.54) is 16.8 Å². The molecule has 2 nitrogen and oxygen atoms in total. The third kappa shape index (κ3) is 2.32. The van der Waals surface area contributed by atoms with Crippen molar-refractivity contribution in [1.29, 1.82) is 0 Å². The number of anilines is 1. The van der Waals surface area contributed by atoms with Crippen molar-refractivity contribution >= 4 is 5.69 Å². The number of hydrogen-bond acceptors (Lipinski definition) is 2. The van der Waals surface area contributed by atoms with Crippen molar-refractivity contribution in [2.75, 3.05) is 5.01 Å². The number of hydrazine groups is 1. The van der Waals surface area contributed by atoms with E-state index in [9.17, 15) is 0 Å². The molecule has 1 aromatic carbocycles. The Balaban J connectivity index is 2.39. The highest BCUT2D eigenvalue weighted by Gasteiger charge is 2.29. The van der Waals surface area contributed by atoms with Crippen molar-refractivity contribution in [3.8, 4) is 0 Å². The first-order valence-corrected chi connectivity index (χ1v) is 6.37. The van der Waals surface area contributed by atoms with Crippen molar-refractivity contribution in [3.63, 3.8) is 0 Å². The summed E-state index contributed by atoms with van der Waals surface area (Å²) >= 11 is 0. The molecule has 0 bridgehead atoms. The summed E-state index contributed by atoms with van der Waals surface area (Å²) in [5.41, 5.74) is 7.96. The van der Waals surface area contributed by atoms with Crippen molar-refractivity contribution in [1.82, 2.24) is 5.43 Å². The normalized spacial score (nSPS) is 16.2. The summed E-state index contributed by atoms with van der Waals surface area (Å²) in [5.74, 6) is 0. The summed E-state index contributed by atoms with van der Waals surface area (Å²) in [6.07, 6.45) is 0. The van der Waals surface area contributed by atoms with Gasteiger partial charge in [0.2, 0.25) is 0 Å². The van der Waals surface area contributed by atoms with Crippen molar-refractivity contribution in [2.45, 2.75) is 59.0 Å². The minimum atomic E-state index is 0.120. The van der Waals surface area contributed by atoms with Gasteiger partial charge in [0.25, 0.3) is 0 Å². The molecule has 0 unspecified atom stereocenters. The Kier molecular flexibility index (Phi) is 2.74. The predicted octanol–water partition coefficient (Wildman–Crippen LogP) is 3.61. The SMILES string of the molecule is CC(C)(C)c1ccc2c(c1)CNN2C(C)(C)C. The van der Waals surface area contributed by atoms with E-state index in [1.54, 1.807) is 0 Å². The zero-order valence-electron chi connectivity index (χ0n) is 11.9. The average Bonchev–Trinajstić information content (AvgIpc) is 2.57. The zero-order valence-corrected chi connectivity index (χ0v) is 11.9. The quantitative estimate of drug-likeness (QED) is 0.735. The van der Waals surface area contributed by atoms with E-state index in [4.69, 9.17) is 0 Å². The first-order chi connectivity index (χ1) is 7.69. The molecule has 0 aromatic heterocycles. The Morgan fingerprint density at radius 3 is 2.24 bits per heavy atom. The molecule has 1 aromatic rings. The van der Waals surface area contributed by atoms with Crippen LogP contribution in [-0.2, 0) is 12.0 Å². The lowest BCUT2D eigenvalue weighted by Gasteiger charge is -2.34. The molecular formula is C15H24N2. The van der Waals surface area contributed by atoms with E-state index in [0.29, 0.717) is 0 Å². The highest BCUT2D eigenvalue weighted by atomic mass is 15.6. The van der Waals surface area contributed by atoms with Crippen LogP contribution in [0.1, 0.15) is 52.7 Å². The van der Waals surface area contributed by atoms with Crippen LogP contribution in [0.15, 0.2) is 18.2 Å². The van der Waals surface area contributed by atoms with Crippen LogP contribution in [0.25, 0.3) is 0 Å². The van der Waals surface area contributed by atoms with Gasteiger partial charge in [-0.15, -0.1) is 0 Å². The summed E-state index contributed by atoms with van der Waals surface area (Å²) in [5, 5.41) is 2.27. The standard InChI is InChI=1S/C15H24N2/c1-14(2,3)12-7-8-13-11(9-12)10-16-17(13)15(4,5)6/h7-9,16H,10H2,1-6H3. The molecule has 0 spiro atoms. The number of fused-ring (bicyclic) bond motifs is 1. The summed E-state index contributed by atoms with van der Waals surface area (Å²) in [7, 11) is 0. The maximum atomic E-state index is 3.47. The van der Waals surface area contributed by atoms with Crippen molar-refractivity contribution in [3.05, 3.63) is 29.3 Å². The number of hydrogen-bond donors (Lipinski definition) is 1. The highest BCUT2D eigenvalue weighted by molar-refractivity contribution is 5.59. The van der Waals surface area contributed by atoms with Crippen LogP contribution in [-0.4, -0.2) is 5.54 Å². The third-order valence-corrected chi connectivity index (χ3v) is 3.28. The molecule has 1 aliphatic heterocycles. The van der Waals surface area contributed by atoms with Gasteiger partial charge in [0, 0.05) is 12.1 Å². The van der Waals surface area contributed by atoms with Gasteiger partial charge in [-0.2, -0.15) is 0 Å². The fourth-order valence-corrected chi connectivity index (χ4v) is 2.26. The first kappa shape index (κ1) is 12.4. The molecule has 2 heteroatoms. The Labute approximate surface area is 105 Å². The van der Waals surface area contributed by atoms with Crippen molar-refractivity contribution < 1.29 is 0 Å². The molecule has 0 aliphatic carbocycles. The van der Waals surface area contributed by atoms with Gasteiger partial charge in [-0.05, 0) is 43.4 Å². The van der Waals surface area contributed by atoms with Crippen LogP contribution in [0.4, 0.5) is 5.69 Å². The third-order valence-electron chi connectivity index (χ3n) is 3.28. The van der Waals surface area contributed by atoms with E-state index in [-0.39, 0.29) is 11.0 Å². The second kappa shape index (κ2) is 3.74. The van der Waals surface area contributed by atoms with Crippen LogP contribution in [0.5, 0.6) is 0 Å². The summed E-state index contributed by atoms with van der Waals surface area (Å²) < 4.78 is 0. The topological polar surface area (TPSA) is 15.3 Å². The molecule has 1 heterocycles. The van der Waals surface area contributed by atoms with Crippen LogP contribution in [0.3, 0.4) is 0 Å². The predicted molar refractivity (Wildman–Crippen MR) is 74.2 cm³/mol. The summed E-state index contributed by atoms with van der Waals surface area (Å²) in [4.78, 5) is 0. The first-order valence-electron chi connectivity index (χ1n) is 6.37. The lowest BCUT2D eigenvalue weighted by molar-refractivity contribution is 0.457. The summed E-state index contributed by atoms with van der Waals surface area (Å²) in [6.45, 7) is 14.4. The second-order valence-electron chi connectivity index (χ2n) is 6.93. The van der Waals surface area contributed by atoms with Crippen LogP contribution >= 0.6 is 0 Å². The molecule has 94 valence electrons. The maximum absolute atomic E-state index is 3.47. The molecule has 0 saturated heterocycles. The molecule has 17 heavy (non-hydrogen) atoms. The Morgan fingerprint density at radius 1 is 1.06 bits per heavy atom. The van der Waals surface area contributed by atoms with Crippen LogP contribution < -0.4 is 10.4 Å². The Morgan fingerprint density at radius 2 is 1.71 bits per heavy atom. The van der Waals surface area contributed by atoms with E-state index in [0.717, 1.165) is 6.54 Å². The van der Waals surface area contributed by atoms with E-state index in [2.05, 4.69) is 70.2 Å². The van der Waals surface area contributed by atoms with Gasteiger partial charge in [0.15, 0.2) is 0 Å². The van der Waals surface area contributed by atoms with E-state index < -0.39 is 0 Å². The van der Waals surface area contributed by atoms with E-state index in [1.807, 2.05) is 0 Å². The fourth-order valence-electron chi connectivity index (χ4n) is 2.26. The molecule has 0 amide bonds. The lowest BCUT2D eigenvalue weighted by Crippen LogP contribution is -2.47. The molecular weight excluding hydrogens is 208 g/mol. The van der Waals surface area contributed by atoms with Gasteiger partial charge in [-0.25, -0.2) is 5.43 Å². The number of nitrogens with one attached hydrogen (secondary N) is 1. The minimum absolute atomic E-state index is 0.120. The van der Waals surface area contributed by atoms with E-state index >= 15 is 0 Å². The molecule has 0 atom stereocenters. The summed E-state index contributed by atoms with van der Waals surface area (Å²) in [6, 6.07) is 6.85. The van der Waals surface area contributed by atoms with Gasteiger partial charge in [-0.1, -0.05) is 32.9 Å². The van der Waals surface area contributed by atoms with Gasteiger partial charge >= 0.3 is 0 Å². The van der Waals surface area contributed by atoms with Crippen molar-refractivity contribution in [2.24, 2.45) is 0 Å². The van der Waals surface area contributed by atoms with Crippen LogP contribution in [0.2, 0.25) is 0 Å². The maximum Gasteiger partial charge on any atom is 0.0571 e. The lowest BCUT2D eigenvalue weighted by atomic mass is 9.86. The minimum Gasteiger partial charge on any atom is -0.303 e. The fraction of sp³-hybridized carbons (Fsp3) is 0.600. The molecule has 1 aliphatic rings. The van der Waals surface area contributed by atoms with Gasteiger partial charge in [0.1, 0.15) is 0 Å². The monoisotopic (exact) mass is 232 g/mol. The zero-order chi connectivity index (χ0) is 12.8. The number of rotatable bonds is 0.